The number of hydrogen-bond acceptors (Lipinski definition) is 4. The lowest BCUT2D eigenvalue weighted by Gasteiger charge is -2.15. The lowest BCUT2D eigenvalue weighted by molar-refractivity contribution is -0.138. The molecule has 0 aromatic heterocycles. The molecule has 0 saturated carbocycles. The van der Waals surface area contributed by atoms with Crippen LogP contribution in [0.5, 0.6) is 5.75 Å². The number of hydrogen-bond donors (Lipinski definition) is 2. The summed E-state index contributed by atoms with van der Waals surface area (Å²) < 4.78 is 5.40. The molecule has 19 heavy (non-hydrogen) atoms. The molecule has 1 amide bonds. The van der Waals surface area contributed by atoms with Gasteiger partial charge < -0.3 is 20.5 Å². The number of amides is 1. The first-order valence-electron chi connectivity index (χ1n) is 5.81. The molecule has 0 bridgehead atoms. The fourth-order valence-corrected chi connectivity index (χ4v) is 1.41. The van der Waals surface area contributed by atoms with Gasteiger partial charge in [0.2, 0.25) is 0 Å². The van der Waals surface area contributed by atoms with Gasteiger partial charge in [0, 0.05) is 20.5 Å². The van der Waals surface area contributed by atoms with Crippen molar-refractivity contribution in [2.24, 2.45) is 5.73 Å². The van der Waals surface area contributed by atoms with Crippen molar-refractivity contribution in [2.75, 3.05) is 20.7 Å². The number of ether oxygens (including phenoxy) is 1. The maximum absolute atomic E-state index is 11.4. The number of carbonyl (C=O) groups excluding carboxylic acids is 1. The molecule has 104 valence electrons. The summed E-state index contributed by atoms with van der Waals surface area (Å²) in [6.07, 6.45) is 0.154. The summed E-state index contributed by atoms with van der Waals surface area (Å²) in [4.78, 5) is 23.6. The minimum Gasteiger partial charge on any atom is -0.483 e. The Balaban J connectivity index is 2.73. The third-order valence-electron chi connectivity index (χ3n) is 2.58. The van der Waals surface area contributed by atoms with Gasteiger partial charge in [-0.15, -0.1) is 0 Å². The van der Waals surface area contributed by atoms with Crippen LogP contribution in [0.1, 0.15) is 5.56 Å². The van der Waals surface area contributed by atoms with Crippen molar-refractivity contribution in [1.82, 2.24) is 4.90 Å². The molecule has 6 heteroatoms. The van der Waals surface area contributed by atoms with Crippen LogP contribution in [0.3, 0.4) is 0 Å². The number of nitrogens with zero attached hydrogens (tertiary/aromatic N) is 1. The van der Waals surface area contributed by atoms with Gasteiger partial charge in [0.1, 0.15) is 11.8 Å². The highest BCUT2D eigenvalue weighted by molar-refractivity contribution is 5.77. The zero-order valence-corrected chi connectivity index (χ0v) is 11.0. The summed E-state index contributed by atoms with van der Waals surface area (Å²) >= 11 is 0. The van der Waals surface area contributed by atoms with Crippen LogP contribution in [-0.4, -0.2) is 48.6 Å². The van der Waals surface area contributed by atoms with Gasteiger partial charge >= 0.3 is 5.97 Å². The van der Waals surface area contributed by atoms with E-state index in [1.807, 2.05) is 0 Å². The first-order chi connectivity index (χ1) is 8.91. The zero-order chi connectivity index (χ0) is 14.4. The molecule has 0 saturated heterocycles. The number of carbonyl (C=O) groups is 2. The van der Waals surface area contributed by atoms with Crippen molar-refractivity contribution >= 4 is 11.9 Å². The first-order valence-corrected chi connectivity index (χ1v) is 5.81. The van der Waals surface area contributed by atoms with Crippen LogP contribution in [0.15, 0.2) is 24.3 Å². The quantitative estimate of drug-likeness (QED) is 0.762. The molecule has 1 atom stereocenters. The molecule has 0 aliphatic rings. The Bertz CT molecular complexity index is 460. The average Bonchev–Trinajstić information content (AvgIpc) is 2.36. The molecular weight excluding hydrogens is 248 g/mol. The van der Waals surface area contributed by atoms with Crippen molar-refractivity contribution in [2.45, 2.75) is 12.5 Å². The van der Waals surface area contributed by atoms with Crippen molar-refractivity contribution < 1.29 is 19.4 Å². The zero-order valence-electron chi connectivity index (χ0n) is 11.0. The van der Waals surface area contributed by atoms with Crippen LogP contribution in [0, 0.1) is 0 Å². The van der Waals surface area contributed by atoms with Crippen LogP contribution in [-0.2, 0) is 16.0 Å². The Kier molecular flexibility index (Phi) is 5.32. The van der Waals surface area contributed by atoms with E-state index in [2.05, 4.69) is 0 Å². The highest BCUT2D eigenvalue weighted by atomic mass is 16.5. The van der Waals surface area contributed by atoms with Gasteiger partial charge in [0.05, 0.1) is 0 Å². The van der Waals surface area contributed by atoms with E-state index >= 15 is 0 Å². The van der Waals surface area contributed by atoms with Crippen LogP contribution >= 0.6 is 0 Å². The summed E-state index contributed by atoms with van der Waals surface area (Å²) in [6, 6.07) is 5.95. The Morgan fingerprint density at radius 3 is 2.58 bits per heavy atom. The highest BCUT2D eigenvalue weighted by Gasteiger charge is 2.15. The van der Waals surface area contributed by atoms with Gasteiger partial charge in [0.15, 0.2) is 6.61 Å². The van der Waals surface area contributed by atoms with Gasteiger partial charge in [-0.25, -0.2) is 0 Å². The monoisotopic (exact) mass is 266 g/mol. The van der Waals surface area contributed by atoms with Gasteiger partial charge in [-0.1, -0.05) is 18.2 Å². The predicted octanol–water partition coefficient (Wildman–Crippen LogP) is 0.108. The van der Waals surface area contributed by atoms with E-state index < -0.39 is 12.0 Å². The van der Waals surface area contributed by atoms with E-state index in [1.54, 1.807) is 38.4 Å². The van der Waals surface area contributed by atoms with E-state index in [9.17, 15) is 9.59 Å². The predicted molar refractivity (Wildman–Crippen MR) is 69.9 cm³/mol. The van der Waals surface area contributed by atoms with Crippen molar-refractivity contribution in [3.8, 4) is 5.75 Å². The molecule has 1 unspecified atom stereocenters. The number of aliphatic carboxylic acids is 1. The van der Waals surface area contributed by atoms with Gasteiger partial charge in [-0.05, 0) is 11.6 Å². The van der Waals surface area contributed by atoms with E-state index in [0.29, 0.717) is 11.3 Å². The molecule has 0 spiro atoms. The fourth-order valence-electron chi connectivity index (χ4n) is 1.41. The van der Waals surface area contributed by atoms with Gasteiger partial charge in [-0.2, -0.15) is 0 Å². The average molecular weight is 266 g/mol. The maximum atomic E-state index is 11.4. The summed E-state index contributed by atoms with van der Waals surface area (Å²) in [6.45, 7) is -0.0909. The van der Waals surface area contributed by atoms with Crippen LogP contribution in [0.4, 0.5) is 0 Å². The third-order valence-corrected chi connectivity index (χ3v) is 2.58. The largest absolute Gasteiger partial charge is 0.483 e. The fraction of sp³-hybridized carbons (Fsp3) is 0.385. The number of rotatable bonds is 6. The molecule has 0 radical (unpaired) electrons. The van der Waals surface area contributed by atoms with Crippen molar-refractivity contribution in [1.29, 1.82) is 0 Å². The first kappa shape index (κ1) is 15.0. The summed E-state index contributed by atoms with van der Waals surface area (Å²) in [5, 5.41) is 8.80. The van der Waals surface area contributed by atoms with Crippen LogP contribution in [0.2, 0.25) is 0 Å². The molecule has 6 nitrogen and oxygen atoms in total. The Labute approximate surface area is 111 Å². The second kappa shape index (κ2) is 6.75. The third kappa shape index (κ3) is 4.59. The van der Waals surface area contributed by atoms with E-state index in [4.69, 9.17) is 15.6 Å². The van der Waals surface area contributed by atoms with Gasteiger partial charge in [-0.3, -0.25) is 9.59 Å². The number of carboxylic acid groups (broad SMARTS) is 1. The highest BCUT2D eigenvalue weighted by Crippen LogP contribution is 2.19. The summed E-state index contributed by atoms with van der Waals surface area (Å²) in [7, 11) is 3.27. The van der Waals surface area contributed by atoms with Crippen molar-refractivity contribution in [3.63, 3.8) is 0 Å². The van der Waals surface area contributed by atoms with Crippen molar-refractivity contribution in [3.05, 3.63) is 29.8 Å². The second-order valence-corrected chi connectivity index (χ2v) is 4.33. The topological polar surface area (TPSA) is 92.9 Å². The number of benzene rings is 1. The molecule has 1 rings (SSSR count). The Morgan fingerprint density at radius 1 is 1.37 bits per heavy atom. The van der Waals surface area contributed by atoms with E-state index in [1.165, 1.54) is 4.90 Å². The standard InChI is InChI=1S/C13H18N2O4/c1-15(2)12(16)8-19-11-6-4-3-5-9(11)7-10(14)13(17)18/h3-6,10H,7-8,14H2,1-2H3,(H,17,18). The van der Waals surface area contributed by atoms with E-state index in [0.717, 1.165) is 0 Å². The molecular formula is C13H18N2O4. The molecule has 0 aliphatic heterocycles. The smallest absolute Gasteiger partial charge is 0.320 e. The van der Waals surface area contributed by atoms with E-state index in [-0.39, 0.29) is 18.9 Å². The number of likely N-dealkylation sites (N-methyl/N-ethyl adjacent to an activating group) is 1. The molecule has 0 heterocycles. The molecule has 1 aromatic carbocycles. The minimum atomic E-state index is -1.07. The second-order valence-electron chi connectivity index (χ2n) is 4.33. The summed E-state index contributed by atoms with van der Waals surface area (Å²) in [5.74, 6) is -0.758. The Hall–Kier alpha value is -2.08. The minimum absolute atomic E-state index is 0.0909. The Morgan fingerprint density at radius 2 is 2.00 bits per heavy atom. The SMILES string of the molecule is CN(C)C(=O)COc1ccccc1CC(N)C(=O)O. The molecule has 1 aromatic rings. The number of carboxylic acids is 1. The molecule has 3 N–H and O–H groups in total. The molecule has 0 fully saturated rings. The number of para-hydroxylation sites is 1. The lowest BCUT2D eigenvalue weighted by Crippen LogP contribution is -2.32. The normalized spacial score (nSPS) is 11.7. The van der Waals surface area contributed by atoms with Gasteiger partial charge in [0.25, 0.3) is 5.91 Å². The summed E-state index contributed by atoms with van der Waals surface area (Å²) in [5.41, 5.74) is 6.16. The van der Waals surface area contributed by atoms with Crippen LogP contribution in [0.25, 0.3) is 0 Å². The lowest BCUT2D eigenvalue weighted by atomic mass is 10.1. The molecule has 0 aliphatic carbocycles. The maximum Gasteiger partial charge on any atom is 0.320 e. The number of nitrogens with two attached hydrogens (primary N) is 1. The van der Waals surface area contributed by atoms with Crippen LogP contribution < -0.4 is 10.5 Å².